The molecule has 0 spiro atoms. The molecule has 1 unspecified atom stereocenters. The van der Waals surface area contributed by atoms with Crippen molar-refractivity contribution in [2.24, 2.45) is 0 Å². The van der Waals surface area contributed by atoms with E-state index in [0.717, 1.165) is 21.6 Å². The van der Waals surface area contributed by atoms with Crippen LogP contribution in [0.1, 0.15) is 12.0 Å². The van der Waals surface area contributed by atoms with E-state index in [4.69, 9.17) is 12.2 Å². The molecule has 29 heavy (non-hydrogen) atoms. The normalized spacial score (nSPS) is 21.0. The highest BCUT2D eigenvalue weighted by atomic mass is 32.2. The molecule has 1 N–H and O–H groups in total. The molecular weight excluding hydrogens is 415 g/mol. The van der Waals surface area contributed by atoms with Crippen LogP contribution in [0.25, 0.3) is 6.08 Å². The predicted molar refractivity (Wildman–Crippen MR) is 110 cm³/mol. The van der Waals surface area contributed by atoms with Crippen LogP contribution in [0, 0.1) is 5.82 Å². The second-order valence-electron chi connectivity index (χ2n) is 6.41. The number of halogens is 1. The zero-order valence-corrected chi connectivity index (χ0v) is 16.4. The number of hydrogen-bond acceptors (Lipinski definition) is 6. The van der Waals surface area contributed by atoms with Gasteiger partial charge in [0.2, 0.25) is 5.91 Å². The molecule has 2 aromatic carbocycles. The number of rotatable bonds is 3. The number of benzene rings is 2. The Morgan fingerprint density at radius 1 is 1.07 bits per heavy atom. The SMILES string of the molecule is O=C1CC(N2C(=O)/C(=C/c3ccc(F)cc3)SC2=S)C(=O)N1c1ccc(O)cc1. The van der Waals surface area contributed by atoms with Gasteiger partial charge in [0.15, 0.2) is 0 Å². The van der Waals surface area contributed by atoms with Crippen LogP contribution in [0.15, 0.2) is 53.4 Å². The lowest BCUT2D eigenvalue weighted by Crippen LogP contribution is -2.44. The van der Waals surface area contributed by atoms with Crippen LogP contribution >= 0.6 is 24.0 Å². The average molecular weight is 428 g/mol. The Hall–Kier alpha value is -3.04. The number of amides is 3. The summed E-state index contributed by atoms with van der Waals surface area (Å²) in [7, 11) is 0. The number of anilines is 1. The molecule has 146 valence electrons. The highest BCUT2D eigenvalue weighted by molar-refractivity contribution is 8.26. The quantitative estimate of drug-likeness (QED) is 0.460. The van der Waals surface area contributed by atoms with Gasteiger partial charge in [0, 0.05) is 0 Å². The number of phenolic OH excluding ortho intramolecular Hbond substituents is 1. The number of hydrogen-bond donors (Lipinski definition) is 1. The lowest BCUT2D eigenvalue weighted by Gasteiger charge is -2.21. The molecule has 9 heteroatoms. The summed E-state index contributed by atoms with van der Waals surface area (Å²) in [5, 5.41) is 9.40. The van der Waals surface area contributed by atoms with Gasteiger partial charge < -0.3 is 5.11 Å². The van der Waals surface area contributed by atoms with Crippen molar-refractivity contribution in [1.82, 2.24) is 4.90 Å². The molecule has 0 aromatic heterocycles. The first-order chi connectivity index (χ1) is 13.8. The number of imide groups is 1. The summed E-state index contributed by atoms with van der Waals surface area (Å²) in [4.78, 5) is 40.7. The fraction of sp³-hybridized carbons (Fsp3) is 0.100. The third kappa shape index (κ3) is 3.54. The van der Waals surface area contributed by atoms with Crippen molar-refractivity contribution >= 4 is 57.8 Å². The number of thioether (sulfide) groups is 1. The summed E-state index contributed by atoms with van der Waals surface area (Å²) in [6, 6.07) is 10.2. The maximum atomic E-state index is 13.1. The van der Waals surface area contributed by atoms with Crippen molar-refractivity contribution in [3.05, 3.63) is 64.8 Å². The standard InChI is InChI=1S/C20H13FN2O4S2/c21-12-3-1-11(2-4-12)9-16-19(27)23(20(28)29-16)15-10-17(25)22(18(15)26)13-5-7-14(24)8-6-13/h1-9,15,24H,10H2/b16-9-. The van der Waals surface area contributed by atoms with Gasteiger partial charge in [0.05, 0.1) is 17.0 Å². The van der Waals surface area contributed by atoms with Crippen molar-refractivity contribution < 1.29 is 23.9 Å². The third-order valence-electron chi connectivity index (χ3n) is 4.53. The van der Waals surface area contributed by atoms with Crippen molar-refractivity contribution in [3.8, 4) is 5.75 Å². The molecule has 2 aliphatic heterocycles. The average Bonchev–Trinajstić information content (AvgIpc) is 3.12. The van der Waals surface area contributed by atoms with Crippen LogP contribution in [-0.4, -0.2) is 38.1 Å². The van der Waals surface area contributed by atoms with E-state index in [1.165, 1.54) is 48.5 Å². The molecule has 2 heterocycles. The Morgan fingerprint density at radius 3 is 2.38 bits per heavy atom. The first kappa shape index (κ1) is 19.3. The van der Waals surface area contributed by atoms with E-state index in [1.807, 2.05) is 0 Å². The van der Waals surface area contributed by atoms with Crippen molar-refractivity contribution in [1.29, 1.82) is 0 Å². The van der Waals surface area contributed by atoms with Crippen LogP contribution in [-0.2, 0) is 14.4 Å². The van der Waals surface area contributed by atoms with Gasteiger partial charge in [-0.15, -0.1) is 0 Å². The van der Waals surface area contributed by atoms with Gasteiger partial charge in [0.1, 0.15) is 21.9 Å². The Morgan fingerprint density at radius 2 is 1.72 bits per heavy atom. The molecule has 2 fully saturated rings. The van der Waals surface area contributed by atoms with E-state index >= 15 is 0 Å². The highest BCUT2D eigenvalue weighted by Crippen LogP contribution is 2.37. The topological polar surface area (TPSA) is 77.9 Å². The van der Waals surface area contributed by atoms with Crippen LogP contribution in [0.2, 0.25) is 0 Å². The molecule has 0 bridgehead atoms. The maximum Gasteiger partial charge on any atom is 0.266 e. The van der Waals surface area contributed by atoms with E-state index in [1.54, 1.807) is 6.08 Å². The van der Waals surface area contributed by atoms with Crippen LogP contribution in [0.3, 0.4) is 0 Å². The first-order valence-electron chi connectivity index (χ1n) is 8.53. The van der Waals surface area contributed by atoms with Crippen molar-refractivity contribution in [2.75, 3.05) is 4.90 Å². The van der Waals surface area contributed by atoms with Crippen LogP contribution in [0.4, 0.5) is 10.1 Å². The fourth-order valence-corrected chi connectivity index (χ4v) is 4.51. The van der Waals surface area contributed by atoms with Gasteiger partial charge in [-0.1, -0.05) is 36.1 Å². The number of carbonyl (C=O) groups is 3. The highest BCUT2D eigenvalue weighted by Gasteiger charge is 2.48. The van der Waals surface area contributed by atoms with Crippen LogP contribution < -0.4 is 4.90 Å². The molecule has 2 saturated heterocycles. The maximum absolute atomic E-state index is 13.1. The summed E-state index contributed by atoms with van der Waals surface area (Å²) >= 11 is 6.31. The zero-order valence-electron chi connectivity index (χ0n) is 14.7. The minimum absolute atomic E-state index is 0.00673. The summed E-state index contributed by atoms with van der Waals surface area (Å²) in [5.74, 6) is -1.86. The van der Waals surface area contributed by atoms with Gasteiger partial charge in [0.25, 0.3) is 11.8 Å². The van der Waals surface area contributed by atoms with E-state index in [2.05, 4.69) is 0 Å². The largest absolute Gasteiger partial charge is 0.508 e. The number of phenols is 1. The molecule has 2 aliphatic rings. The summed E-state index contributed by atoms with van der Waals surface area (Å²) < 4.78 is 13.3. The number of thiocarbonyl (C=S) groups is 1. The van der Waals surface area contributed by atoms with E-state index in [0.29, 0.717) is 16.2 Å². The fourth-order valence-electron chi connectivity index (χ4n) is 3.15. The van der Waals surface area contributed by atoms with Gasteiger partial charge in [-0.2, -0.15) is 0 Å². The predicted octanol–water partition coefficient (Wildman–Crippen LogP) is 3.06. The Kier molecular flexibility index (Phi) is 4.93. The molecule has 0 aliphatic carbocycles. The lowest BCUT2D eigenvalue weighted by atomic mass is 10.2. The van der Waals surface area contributed by atoms with Gasteiger partial charge >= 0.3 is 0 Å². The molecular formula is C20H13FN2O4S2. The van der Waals surface area contributed by atoms with Gasteiger partial charge in [-0.05, 0) is 48.0 Å². The smallest absolute Gasteiger partial charge is 0.266 e. The van der Waals surface area contributed by atoms with Gasteiger partial charge in [-0.3, -0.25) is 19.3 Å². The summed E-state index contributed by atoms with van der Waals surface area (Å²) in [6.07, 6.45) is 1.38. The number of nitrogens with zero attached hydrogens (tertiary/aromatic N) is 2. The summed E-state index contributed by atoms with van der Waals surface area (Å²) in [6.45, 7) is 0. The Labute approximate surface area is 174 Å². The van der Waals surface area contributed by atoms with E-state index in [9.17, 15) is 23.9 Å². The van der Waals surface area contributed by atoms with Crippen molar-refractivity contribution in [3.63, 3.8) is 0 Å². The third-order valence-corrected chi connectivity index (χ3v) is 5.86. The molecule has 4 rings (SSSR count). The minimum Gasteiger partial charge on any atom is -0.508 e. The molecule has 0 saturated carbocycles. The zero-order chi connectivity index (χ0) is 20.7. The first-order valence-corrected chi connectivity index (χ1v) is 9.76. The van der Waals surface area contributed by atoms with E-state index < -0.39 is 23.8 Å². The number of carbonyl (C=O) groups excluding carboxylic acids is 3. The molecule has 6 nitrogen and oxygen atoms in total. The second kappa shape index (κ2) is 7.41. The lowest BCUT2D eigenvalue weighted by molar-refractivity contribution is -0.129. The van der Waals surface area contributed by atoms with Gasteiger partial charge in [-0.25, -0.2) is 9.29 Å². The Bertz CT molecular complexity index is 1070. The van der Waals surface area contributed by atoms with Crippen LogP contribution in [0.5, 0.6) is 5.75 Å². The molecule has 0 radical (unpaired) electrons. The van der Waals surface area contributed by atoms with Crippen molar-refractivity contribution in [2.45, 2.75) is 12.5 Å². The second-order valence-corrected chi connectivity index (χ2v) is 8.08. The summed E-state index contributed by atoms with van der Waals surface area (Å²) in [5.41, 5.74) is 0.930. The molecule has 2 aromatic rings. The molecule has 1 atom stereocenters. The minimum atomic E-state index is -1.03. The number of aromatic hydroxyl groups is 1. The Balaban J connectivity index is 1.59. The van der Waals surface area contributed by atoms with E-state index in [-0.39, 0.29) is 22.3 Å². The molecule has 3 amide bonds. The monoisotopic (exact) mass is 428 g/mol.